The second-order valence-corrected chi connectivity index (χ2v) is 1.92. The highest BCUT2D eigenvalue weighted by atomic mass is 16.2. The third-order valence-electron chi connectivity index (χ3n) is 1.27. The van der Waals surface area contributed by atoms with Crippen LogP contribution < -0.4 is 10.6 Å². The summed E-state index contributed by atoms with van der Waals surface area (Å²) in [7, 11) is 1.84. The second kappa shape index (κ2) is 2.09. The van der Waals surface area contributed by atoms with Gasteiger partial charge in [-0.15, -0.1) is 0 Å². The fourth-order valence-electron chi connectivity index (χ4n) is 0.746. The van der Waals surface area contributed by atoms with Crippen LogP contribution in [0.2, 0.25) is 6.32 Å². The molecule has 0 aromatic rings. The summed E-state index contributed by atoms with van der Waals surface area (Å²) in [6, 6.07) is -0.690. The SMILES string of the molecule is BC[C@@H]1NC(=O)NC1=O. The molecule has 1 atom stereocenters. The molecular weight excluding hydrogens is 119 g/mol. The van der Waals surface area contributed by atoms with Gasteiger partial charge in [0.15, 0.2) is 0 Å². The van der Waals surface area contributed by atoms with E-state index in [4.69, 9.17) is 0 Å². The molecular formula is C4H7BN2O2. The molecule has 1 aliphatic heterocycles. The zero-order valence-electron chi connectivity index (χ0n) is 5.10. The highest BCUT2D eigenvalue weighted by molar-refractivity contribution is 6.14. The van der Waals surface area contributed by atoms with E-state index in [1.807, 2.05) is 7.85 Å². The van der Waals surface area contributed by atoms with E-state index in [0.29, 0.717) is 6.32 Å². The first kappa shape index (κ1) is 6.13. The third kappa shape index (κ3) is 1.04. The van der Waals surface area contributed by atoms with Crippen LogP contribution in [0.3, 0.4) is 0 Å². The number of amides is 3. The first-order chi connectivity index (χ1) is 4.24. The number of hydrogen-bond donors (Lipinski definition) is 2. The maximum absolute atomic E-state index is 10.6. The van der Waals surface area contributed by atoms with Gasteiger partial charge in [-0.05, 0) is 0 Å². The zero-order valence-corrected chi connectivity index (χ0v) is 5.10. The molecule has 1 rings (SSSR count). The molecule has 0 spiro atoms. The standard InChI is InChI=1S/C4H7BN2O2/c5-1-2-3(8)7-4(9)6-2/h2H,1,5H2,(H2,6,7,8,9)/t2-/m0/s1. The smallest absolute Gasteiger partial charge is 0.322 e. The molecule has 0 radical (unpaired) electrons. The molecule has 1 aliphatic rings. The summed E-state index contributed by atoms with van der Waals surface area (Å²) in [6.45, 7) is 0. The van der Waals surface area contributed by atoms with Crippen LogP contribution in [-0.2, 0) is 4.79 Å². The quantitative estimate of drug-likeness (QED) is 0.323. The summed E-state index contributed by atoms with van der Waals surface area (Å²) >= 11 is 0. The summed E-state index contributed by atoms with van der Waals surface area (Å²) in [6.07, 6.45) is 0.650. The van der Waals surface area contributed by atoms with Gasteiger partial charge in [-0.2, -0.15) is 0 Å². The molecule has 0 aromatic carbocycles. The van der Waals surface area contributed by atoms with E-state index in [-0.39, 0.29) is 18.0 Å². The molecule has 5 heteroatoms. The van der Waals surface area contributed by atoms with Gasteiger partial charge in [0.25, 0.3) is 0 Å². The average molecular weight is 126 g/mol. The van der Waals surface area contributed by atoms with Crippen molar-refractivity contribution in [2.75, 3.05) is 0 Å². The Morgan fingerprint density at radius 3 is 2.44 bits per heavy atom. The summed E-state index contributed by atoms with van der Waals surface area (Å²) in [5, 5.41) is 4.58. The lowest BCUT2D eigenvalue weighted by molar-refractivity contribution is -0.119. The van der Waals surface area contributed by atoms with Crippen LogP contribution in [-0.4, -0.2) is 25.8 Å². The Bertz CT molecular complexity index is 159. The van der Waals surface area contributed by atoms with E-state index >= 15 is 0 Å². The van der Waals surface area contributed by atoms with Crippen molar-refractivity contribution in [3.63, 3.8) is 0 Å². The largest absolute Gasteiger partial charge is 0.327 e. The molecule has 0 saturated carbocycles. The van der Waals surface area contributed by atoms with Gasteiger partial charge in [-0.25, -0.2) is 4.79 Å². The van der Waals surface area contributed by atoms with E-state index in [1.54, 1.807) is 0 Å². The molecule has 9 heavy (non-hydrogen) atoms. The van der Waals surface area contributed by atoms with Crippen molar-refractivity contribution in [3.8, 4) is 0 Å². The maximum atomic E-state index is 10.6. The molecule has 0 unspecified atom stereocenters. The van der Waals surface area contributed by atoms with Gasteiger partial charge in [0.1, 0.15) is 13.9 Å². The normalized spacial score (nSPS) is 25.6. The fraction of sp³-hybridized carbons (Fsp3) is 0.500. The van der Waals surface area contributed by atoms with E-state index in [9.17, 15) is 9.59 Å². The van der Waals surface area contributed by atoms with Crippen LogP contribution in [0.5, 0.6) is 0 Å². The predicted molar refractivity (Wildman–Crippen MR) is 33.8 cm³/mol. The maximum Gasteiger partial charge on any atom is 0.322 e. The van der Waals surface area contributed by atoms with Crippen LogP contribution in [0.1, 0.15) is 0 Å². The van der Waals surface area contributed by atoms with Crippen molar-refractivity contribution in [2.24, 2.45) is 0 Å². The van der Waals surface area contributed by atoms with Crippen molar-refractivity contribution >= 4 is 19.8 Å². The lowest BCUT2D eigenvalue weighted by Crippen LogP contribution is -2.27. The Kier molecular flexibility index (Phi) is 1.42. The van der Waals surface area contributed by atoms with Gasteiger partial charge in [0.05, 0.1) is 0 Å². The van der Waals surface area contributed by atoms with E-state index in [0.717, 1.165) is 0 Å². The zero-order chi connectivity index (χ0) is 6.85. The van der Waals surface area contributed by atoms with Crippen LogP contribution in [0.25, 0.3) is 0 Å². The summed E-state index contributed by atoms with van der Waals surface area (Å²) < 4.78 is 0. The van der Waals surface area contributed by atoms with E-state index in [2.05, 4.69) is 10.6 Å². The molecule has 48 valence electrons. The average Bonchev–Trinajstić information content (AvgIpc) is 2.10. The molecule has 0 aromatic heterocycles. The molecule has 4 nitrogen and oxygen atoms in total. The Morgan fingerprint density at radius 2 is 2.22 bits per heavy atom. The van der Waals surface area contributed by atoms with Gasteiger partial charge in [0.2, 0.25) is 5.91 Å². The van der Waals surface area contributed by atoms with Crippen LogP contribution >= 0.6 is 0 Å². The summed E-state index contributed by atoms with van der Waals surface area (Å²) in [4.78, 5) is 21.0. The van der Waals surface area contributed by atoms with Crippen LogP contribution in [0.4, 0.5) is 4.79 Å². The van der Waals surface area contributed by atoms with Crippen molar-refractivity contribution in [1.82, 2.24) is 10.6 Å². The number of carbonyl (C=O) groups excluding carboxylic acids is 2. The van der Waals surface area contributed by atoms with Crippen molar-refractivity contribution in [3.05, 3.63) is 0 Å². The Morgan fingerprint density at radius 1 is 1.56 bits per heavy atom. The molecule has 2 N–H and O–H groups in total. The van der Waals surface area contributed by atoms with Gasteiger partial charge in [-0.3, -0.25) is 10.1 Å². The van der Waals surface area contributed by atoms with Gasteiger partial charge >= 0.3 is 6.03 Å². The topological polar surface area (TPSA) is 58.2 Å². The second-order valence-electron chi connectivity index (χ2n) is 1.92. The van der Waals surface area contributed by atoms with Crippen LogP contribution in [0.15, 0.2) is 0 Å². The Hall–Kier alpha value is -0.995. The number of rotatable bonds is 1. The Labute approximate surface area is 53.4 Å². The molecule has 3 amide bonds. The minimum Gasteiger partial charge on any atom is -0.327 e. The number of hydrogen-bond acceptors (Lipinski definition) is 2. The number of imide groups is 1. The molecule has 0 aliphatic carbocycles. The van der Waals surface area contributed by atoms with Gasteiger partial charge in [0, 0.05) is 0 Å². The van der Waals surface area contributed by atoms with E-state index < -0.39 is 0 Å². The van der Waals surface area contributed by atoms with Gasteiger partial charge in [-0.1, -0.05) is 6.32 Å². The number of nitrogens with one attached hydrogen (secondary N) is 2. The Balaban J connectivity index is 2.58. The number of urea groups is 1. The molecule has 1 fully saturated rings. The first-order valence-electron chi connectivity index (χ1n) is 2.85. The molecule has 1 saturated heterocycles. The highest BCUT2D eigenvalue weighted by Crippen LogP contribution is 1.94. The minimum absolute atomic E-state index is 0.220. The monoisotopic (exact) mass is 126 g/mol. The lowest BCUT2D eigenvalue weighted by Gasteiger charge is -1.98. The minimum atomic E-state index is -0.383. The highest BCUT2D eigenvalue weighted by Gasteiger charge is 2.26. The first-order valence-corrected chi connectivity index (χ1v) is 2.85. The van der Waals surface area contributed by atoms with Gasteiger partial charge < -0.3 is 5.32 Å². The summed E-state index contributed by atoms with van der Waals surface area (Å²) in [5.41, 5.74) is 0. The van der Waals surface area contributed by atoms with Crippen LogP contribution in [0, 0.1) is 0 Å². The van der Waals surface area contributed by atoms with Crippen molar-refractivity contribution in [2.45, 2.75) is 12.4 Å². The lowest BCUT2D eigenvalue weighted by atomic mass is 9.98. The summed E-state index contributed by atoms with van der Waals surface area (Å²) in [5.74, 6) is -0.220. The number of carbonyl (C=O) groups is 2. The predicted octanol–water partition coefficient (Wildman–Crippen LogP) is -1.75. The fourth-order valence-corrected chi connectivity index (χ4v) is 0.746. The molecule has 0 bridgehead atoms. The third-order valence-corrected chi connectivity index (χ3v) is 1.27. The molecule has 1 heterocycles. The van der Waals surface area contributed by atoms with Crippen molar-refractivity contribution in [1.29, 1.82) is 0 Å². The van der Waals surface area contributed by atoms with E-state index in [1.165, 1.54) is 0 Å². The van der Waals surface area contributed by atoms with Crippen molar-refractivity contribution < 1.29 is 9.59 Å².